The van der Waals surface area contributed by atoms with Crippen LogP contribution in [0.2, 0.25) is 0 Å². The molecule has 2 aromatic rings. The molecule has 0 aromatic carbocycles. The SMILES string of the molecule is Cc1cc2nc([C@@H](C)NC(=O)OC(C)(C)C)cc(=O)n2[nH]1. The smallest absolute Gasteiger partial charge is 0.408 e. The maximum atomic E-state index is 12.0. The van der Waals surface area contributed by atoms with Gasteiger partial charge in [-0.15, -0.1) is 0 Å². The summed E-state index contributed by atoms with van der Waals surface area (Å²) in [4.78, 5) is 28.1. The standard InChI is InChI=1S/C14H20N4O3/c1-8-6-11-16-10(7-12(19)18(11)17-8)9(2)15-13(20)21-14(3,4)5/h6-7,9,17H,1-5H3,(H,15,20)/t9-/m1/s1. The summed E-state index contributed by atoms with van der Waals surface area (Å²) in [6.07, 6.45) is -0.540. The number of carbonyl (C=O) groups is 1. The molecule has 7 nitrogen and oxygen atoms in total. The second-order valence-corrected chi connectivity index (χ2v) is 6.02. The molecule has 0 aliphatic rings. The summed E-state index contributed by atoms with van der Waals surface area (Å²) >= 11 is 0. The number of fused-ring (bicyclic) bond motifs is 1. The number of carbonyl (C=O) groups excluding carboxylic acids is 1. The number of nitrogens with one attached hydrogen (secondary N) is 2. The van der Waals surface area contributed by atoms with E-state index in [4.69, 9.17) is 4.74 Å². The zero-order chi connectivity index (χ0) is 15.8. The third-order valence-corrected chi connectivity index (χ3v) is 2.78. The number of aromatic nitrogens is 3. The van der Waals surface area contributed by atoms with Crippen molar-refractivity contribution in [2.45, 2.75) is 46.3 Å². The molecule has 0 radical (unpaired) electrons. The average Bonchev–Trinajstić information content (AvgIpc) is 2.67. The van der Waals surface area contributed by atoms with Crippen molar-refractivity contribution in [2.24, 2.45) is 0 Å². The molecule has 0 aliphatic carbocycles. The highest BCUT2D eigenvalue weighted by Gasteiger charge is 2.19. The van der Waals surface area contributed by atoms with E-state index in [1.807, 2.05) is 6.92 Å². The summed E-state index contributed by atoms with van der Waals surface area (Å²) in [5.41, 5.74) is 1.06. The Kier molecular flexibility index (Phi) is 3.76. The molecule has 0 unspecified atom stereocenters. The average molecular weight is 292 g/mol. The van der Waals surface area contributed by atoms with E-state index < -0.39 is 17.7 Å². The van der Waals surface area contributed by atoms with Gasteiger partial charge in [0.1, 0.15) is 5.60 Å². The minimum absolute atomic E-state index is 0.221. The molecule has 0 saturated heterocycles. The maximum Gasteiger partial charge on any atom is 0.408 e. The number of hydrogen-bond donors (Lipinski definition) is 2. The Morgan fingerprint density at radius 2 is 2.10 bits per heavy atom. The van der Waals surface area contributed by atoms with Gasteiger partial charge in [-0.2, -0.15) is 0 Å². The van der Waals surface area contributed by atoms with Crippen LogP contribution in [0.4, 0.5) is 4.79 Å². The van der Waals surface area contributed by atoms with Crippen molar-refractivity contribution in [3.63, 3.8) is 0 Å². The van der Waals surface area contributed by atoms with Crippen LogP contribution in [0.25, 0.3) is 5.65 Å². The van der Waals surface area contributed by atoms with Gasteiger partial charge in [-0.1, -0.05) is 0 Å². The summed E-state index contributed by atoms with van der Waals surface area (Å²) in [5, 5.41) is 5.56. The number of H-pyrrole nitrogens is 1. The van der Waals surface area contributed by atoms with Crippen LogP contribution in [0.15, 0.2) is 16.9 Å². The van der Waals surface area contributed by atoms with Gasteiger partial charge >= 0.3 is 6.09 Å². The summed E-state index contributed by atoms with van der Waals surface area (Å²) in [7, 11) is 0. The van der Waals surface area contributed by atoms with Crippen LogP contribution in [0, 0.1) is 6.92 Å². The summed E-state index contributed by atoms with van der Waals surface area (Å²) in [6.45, 7) is 8.96. The van der Waals surface area contributed by atoms with Gasteiger partial charge in [-0.25, -0.2) is 14.3 Å². The number of hydrogen-bond acceptors (Lipinski definition) is 4. The second kappa shape index (κ2) is 5.23. The molecule has 0 spiro atoms. The first-order chi connectivity index (χ1) is 9.65. The van der Waals surface area contributed by atoms with Gasteiger partial charge in [0.2, 0.25) is 0 Å². The minimum atomic E-state index is -0.571. The highest BCUT2D eigenvalue weighted by Crippen LogP contribution is 2.12. The molecule has 2 aromatic heterocycles. The Balaban J connectivity index is 2.21. The van der Waals surface area contributed by atoms with E-state index in [1.165, 1.54) is 10.6 Å². The quantitative estimate of drug-likeness (QED) is 0.885. The van der Waals surface area contributed by atoms with E-state index in [-0.39, 0.29) is 5.56 Å². The number of rotatable bonds is 2. The van der Waals surface area contributed by atoms with Crippen molar-refractivity contribution < 1.29 is 9.53 Å². The van der Waals surface area contributed by atoms with Gasteiger partial charge in [0.15, 0.2) is 5.65 Å². The van der Waals surface area contributed by atoms with Gasteiger partial charge in [0, 0.05) is 17.8 Å². The van der Waals surface area contributed by atoms with E-state index in [0.29, 0.717) is 11.3 Å². The number of aryl methyl sites for hydroxylation is 1. The summed E-state index contributed by atoms with van der Waals surface area (Å²) in [5.74, 6) is 0. The normalized spacial score (nSPS) is 13.2. The third-order valence-electron chi connectivity index (χ3n) is 2.78. The molecule has 2 heterocycles. The molecule has 0 fully saturated rings. The first-order valence-electron chi connectivity index (χ1n) is 6.74. The first kappa shape index (κ1) is 15.1. The lowest BCUT2D eigenvalue weighted by atomic mass is 10.2. The van der Waals surface area contributed by atoms with E-state index in [2.05, 4.69) is 15.4 Å². The molecule has 0 saturated carbocycles. The fourth-order valence-corrected chi connectivity index (χ4v) is 1.91. The van der Waals surface area contributed by atoms with Crippen molar-refractivity contribution in [1.82, 2.24) is 19.9 Å². The fourth-order valence-electron chi connectivity index (χ4n) is 1.91. The van der Waals surface area contributed by atoms with Crippen LogP contribution in [0.1, 0.15) is 45.1 Å². The molecular formula is C14H20N4O3. The van der Waals surface area contributed by atoms with Crippen LogP contribution in [-0.2, 0) is 4.74 Å². The van der Waals surface area contributed by atoms with Crippen LogP contribution >= 0.6 is 0 Å². The van der Waals surface area contributed by atoms with Crippen LogP contribution in [-0.4, -0.2) is 26.3 Å². The zero-order valence-corrected chi connectivity index (χ0v) is 12.9. The largest absolute Gasteiger partial charge is 0.444 e. The van der Waals surface area contributed by atoms with Crippen molar-refractivity contribution in [3.8, 4) is 0 Å². The van der Waals surface area contributed by atoms with Crippen LogP contribution in [0.5, 0.6) is 0 Å². The van der Waals surface area contributed by atoms with Crippen LogP contribution in [0.3, 0.4) is 0 Å². The lowest BCUT2D eigenvalue weighted by Gasteiger charge is -2.21. The Labute approximate surface area is 122 Å². The maximum absolute atomic E-state index is 12.0. The van der Waals surface area contributed by atoms with Gasteiger partial charge in [-0.05, 0) is 34.6 Å². The molecule has 21 heavy (non-hydrogen) atoms. The molecule has 0 bridgehead atoms. The number of aromatic amines is 1. The summed E-state index contributed by atoms with van der Waals surface area (Å²) < 4.78 is 6.54. The van der Waals surface area contributed by atoms with Crippen molar-refractivity contribution >= 4 is 11.7 Å². The van der Waals surface area contributed by atoms with Crippen molar-refractivity contribution in [2.75, 3.05) is 0 Å². The van der Waals surface area contributed by atoms with Gasteiger partial charge in [0.25, 0.3) is 5.56 Å². The molecule has 7 heteroatoms. The Morgan fingerprint density at radius 3 is 2.71 bits per heavy atom. The van der Waals surface area contributed by atoms with Gasteiger partial charge < -0.3 is 10.1 Å². The number of amides is 1. The van der Waals surface area contributed by atoms with Gasteiger partial charge in [-0.3, -0.25) is 9.89 Å². The molecule has 114 valence electrons. The van der Waals surface area contributed by atoms with E-state index in [1.54, 1.807) is 33.8 Å². The monoisotopic (exact) mass is 292 g/mol. The number of ether oxygens (including phenoxy) is 1. The molecule has 2 N–H and O–H groups in total. The lowest BCUT2D eigenvalue weighted by Crippen LogP contribution is -2.34. The molecular weight excluding hydrogens is 272 g/mol. The zero-order valence-electron chi connectivity index (χ0n) is 12.9. The van der Waals surface area contributed by atoms with Gasteiger partial charge in [0.05, 0.1) is 11.7 Å². The summed E-state index contributed by atoms with van der Waals surface area (Å²) in [6, 6.07) is 2.74. The van der Waals surface area contributed by atoms with E-state index >= 15 is 0 Å². The molecule has 1 amide bonds. The molecule has 0 aliphatic heterocycles. The van der Waals surface area contributed by atoms with E-state index in [0.717, 1.165) is 5.69 Å². The first-order valence-corrected chi connectivity index (χ1v) is 6.74. The van der Waals surface area contributed by atoms with Crippen molar-refractivity contribution in [1.29, 1.82) is 0 Å². The minimum Gasteiger partial charge on any atom is -0.444 e. The fraction of sp³-hybridized carbons (Fsp3) is 0.500. The number of nitrogens with zero attached hydrogens (tertiary/aromatic N) is 2. The van der Waals surface area contributed by atoms with Crippen molar-refractivity contribution in [3.05, 3.63) is 33.9 Å². The highest BCUT2D eigenvalue weighted by molar-refractivity contribution is 5.68. The third kappa shape index (κ3) is 3.62. The Hall–Kier alpha value is -2.31. The lowest BCUT2D eigenvalue weighted by molar-refractivity contribution is 0.0507. The Morgan fingerprint density at radius 1 is 1.43 bits per heavy atom. The van der Waals surface area contributed by atoms with Crippen LogP contribution < -0.4 is 10.9 Å². The highest BCUT2D eigenvalue weighted by atomic mass is 16.6. The second-order valence-electron chi connectivity index (χ2n) is 6.02. The topological polar surface area (TPSA) is 88.5 Å². The predicted molar refractivity (Wildman–Crippen MR) is 78.3 cm³/mol. The molecule has 1 atom stereocenters. The molecule has 2 rings (SSSR count). The Bertz CT molecular complexity index is 724. The predicted octanol–water partition coefficient (Wildman–Crippen LogP) is 1.92. The number of alkyl carbamates (subject to hydrolysis) is 1. The van der Waals surface area contributed by atoms with E-state index in [9.17, 15) is 9.59 Å².